The van der Waals surface area contributed by atoms with Crippen molar-refractivity contribution in [3.8, 4) is 0 Å². The summed E-state index contributed by atoms with van der Waals surface area (Å²) in [5, 5.41) is 3.84. The van der Waals surface area contributed by atoms with Crippen LogP contribution < -0.4 is 5.73 Å². The monoisotopic (exact) mass is 295 g/mol. The van der Waals surface area contributed by atoms with Crippen LogP contribution in [-0.4, -0.2) is 29.4 Å². The van der Waals surface area contributed by atoms with Crippen molar-refractivity contribution in [1.82, 2.24) is 10.1 Å². The maximum atomic E-state index is 13.1. The van der Waals surface area contributed by atoms with E-state index < -0.39 is 11.6 Å². The Morgan fingerprint density at radius 3 is 2.71 bits per heavy atom. The van der Waals surface area contributed by atoms with Crippen molar-refractivity contribution in [2.75, 3.05) is 13.2 Å². The van der Waals surface area contributed by atoms with E-state index in [0.717, 1.165) is 12.5 Å². The molecule has 2 aromatic rings. The van der Waals surface area contributed by atoms with Crippen molar-refractivity contribution >= 4 is 0 Å². The largest absolute Gasteiger partial charge is 0.381 e. The van der Waals surface area contributed by atoms with Gasteiger partial charge in [0.25, 0.3) is 0 Å². The highest BCUT2D eigenvalue weighted by molar-refractivity contribution is 5.21. The van der Waals surface area contributed by atoms with Gasteiger partial charge in [0.1, 0.15) is 11.6 Å². The van der Waals surface area contributed by atoms with Crippen molar-refractivity contribution in [1.29, 1.82) is 0 Å². The Balaban J connectivity index is 1.75. The first-order valence-corrected chi connectivity index (χ1v) is 6.72. The number of aromatic nitrogens is 2. The molecule has 5 nitrogen and oxygen atoms in total. The van der Waals surface area contributed by atoms with E-state index in [9.17, 15) is 8.78 Å². The predicted molar refractivity (Wildman–Crippen MR) is 69.6 cm³/mol. The van der Waals surface area contributed by atoms with Crippen LogP contribution in [0.3, 0.4) is 0 Å². The van der Waals surface area contributed by atoms with E-state index in [0.29, 0.717) is 30.5 Å². The fourth-order valence-corrected chi connectivity index (χ4v) is 2.39. The summed E-state index contributed by atoms with van der Waals surface area (Å²) in [4.78, 5) is 4.26. The van der Waals surface area contributed by atoms with E-state index in [2.05, 4.69) is 10.1 Å². The first-order chi connectivity index (χ1) is 10.1. The van der Waals surface area contributed by atoms with Gasteiger partial charge in [-0.2, -0.15) is 4.98 Å². The Hall–Kier alpha value is -1.86. The molecule has 0 saturated carbocycles. The molecule has 2 unspecified atom stereocenters. The van der Waals surface area contributed by atoms with Crippen LogP contribution in [0.4, 0.5) is 8.78 Å². The molecular formula is C14H15F2N3O2. The molecule has 2 atom stereocenters. The second-order valence-corrected chi connectivity index (χ2v) is 5.14. The summed E-state index contributed by atoms with van der Waals surface area (Å²) in [6, 6.07) is 3.23. The number of hydrogen-bond acceptors (Lipinski definition) is 5. The average molecular weight is 295 g/mol. The zero-order valence-corrected chi connectivity index (χ0v) is 11.3. The van der Waals surface area contributed by atoms with Gasteiger partial charge >= 0.3 is 0 Å². The lowest BCUT2D eigenvalue weighted by atomic mass is 9.97. The number of benzene rings is 1. The maximum Gasteiger partial charge on any atom is 0.233 e. The van der Waals surface area contributed by atoms with E-state index >= 15 is 0 Å². The smallest absolute Gasteiger partial charge is 0.233 e. The van der Waals surface area contributed by atoms with Gasteiger partial charge in [-0.1, -0.05) is 5.16 Å². The lowest BCUT2D eigenvalue weighted by molar-refractivity contribution is 0.0590. The van der Waals surface area contributed by atoms with Gasteiger partial charge in [-0.05, 0) is 24.1 Å². The molecule has 7 heteroatoms. The van der Waals surface area contributed by atoms with Crippen molar-refractivity contribution in [3.05, 3.63) is 47.1 Å². The maximum absolute atomic E-state index is 13.1. The van der Waals surface area contributed by atoms with Crippen molar-refractivity contribution in [2.45, 2.75) is 24.8 Å². The molecule has 2 heterocycles. The Bertz CT molecular complexity index is 612. The summed E-state index contributed by atoms with van der Waals surface area (Å²) in [6.07, 6.45) is 0.929. The first-order valence-electron chi connectivity index (χ1n) is 6.72. The normalized spacial score (nSPS) is 22.4. The highest BCUT2D eigenvalue weighted by atomic mass is 19.1. The number of ether oxygens (including phenoxy) is 1. The van der Waals surface area contributed by atoms with Crippen LogP contribution in [0, 0.1) is 11.6 Å². The number of halogens is 2. The summed E-state index contributed by atoms with van der Waals surface area (Å²) < 4.78 is 36.8. The van der Waals surface area contributed by atoms with E-state index in [4.69, 9.17) is 15.0 Å². The third-order valence-electron chi connectivity index (χ3n) is 3.50. The number of hydrogen-bond donors (Lipinski definition) is 1. The van der Waals surface area contributed by atoms with Crippen LogP contribution in [-0.2, 0) is 11.2 Å². The van der Waals surface area contributed by atoms with E-state index in [1.54, 1.807) is 0 Å². The molecule has 0 spiro atoms. The number of nitrogens with two attached hydrogens (primary N) is 1. The minimum atomic E-state index is -0.628. The van der Waals surface area contributed by atoms with Crippen LogP contribution in [0.15, 0.2) is 22.7 Å². The van der Waals surface area contributed by atoms with E-state index in [1.165, 1.54) is 12.1 Å². The van der Waals surface area contributed by atoms with Gasteiger partial charge < -0.3 is 15.0 Å². The first kappa shape index (κ1) is 14.1. The topological polar surface area (TPSA) is 74.2 Å². The van der Waals surface area contributed by atoms with Gasteiger partial charge in [0.2, 0.25) is 5.89 Å². The van der Waals surface area contributed by atoms with Gasteiger partial charge in [-0.3, -0.25) is 0 Å². The van der Waals surface area contributed by atoms with Gasteiger partial charge in [0.05, 0.1) is 12.5 Å². The summed E-state index contributed by atoms with van der Waals surface area (Å²) in [5.74, 6) is -0.612. The minimum Gasteiger partial charge on any atom is -0.381 e. The second kappa shape index (κ2) is 5.87. The Morgan fingerprint density at radius 1 is 1.24 bits per heavy atom. The molecule has 2 N–H and O–H groups in total. The van der Waals surface area contributed by atoms with Gasteiger partial charge in [0.15, 0.2) is 5.82 Å². The molecule has 1 aliphatic rings. The SMILES string of the molecule is NC1CCOCC1c1nc(Cc2cc(F)cc(F)c2)no1. The molecule has 21 heavy (non-hydrogen) atoms. The fourth-order valence-electron chi connectivity index (χ4n) is 2.39. The van der Waals surface area contributed by atoms with Crippen molar-refractivity contribution in [3.63, 3.8) is 0 Å². The fraction of sp³-hybridized carbons (Fsp3) is 0.429. The average Bonchev–Trinajstić information content (AvgIpc) is 2.86. The lowest BCUT2D eigenvalue weighted by Crippen LogP contribution is -2.37. The molecule has 1 fully saturated rings. The van der Waals surface area contributed by atoms with E-state index in [1.807, 2.05) is 0 Å². The molecule has 1 saturated heterocycles. The highest BCUT2D eigenvalue weighted by Crippen LogP contribution is 2.23. The quantitative estimate of drug-likeness (QED) is 0.934. The molecule has 0 bridgehead atoms. The zero-order chi connectivity index (χ0) is 14.8. The number of nitrogens with zero attached hydrogens (tertiary/aromatic N) is 2. The van der Waals surface area contributed by atoms with Gasteiger partial charge in [-0.25, -0.2) is 8.78 Å². The lowest BCUT2D eigenvalue weighted by Gasteiger charge is -2.25. The number of rotatable bonds is 3. The Kier molecular flexibility index (Phi) is 3.94. The molecule has 1 aromatic heterocycles. The highest BCUT2D eigenvalue weighted by Gasteiger charge is 2.29. The van der Waals surface area contributed by atoms with Crippen LogP contribution in [0.2, 0.25) is 0 Å². The van der Waals surface area contributed by atoms with Crippen LogP contribution in [0.1, 0.15) is 29.6 Å². The molecule has 0 amide bonds. The van der Waals surface area contributed by atoms with Gasteiger partial charge in [0, 0.05) is 25.1 Å². The van der Waals surface area contributed by atoms with Crippen LogP contribution in [0.25, 0.3) is 0 Å². The van der Waals surface area contributed by atoms with Gasteiger partial charge in [-0.15, -0.1) is 0 Å². The zero-order valence-electron chi connectivity index (χ0n) is 11.3. The summed E-state index contributed by atoms with van der Waals surface area (Å²) in [6.45, 7) is 1.07. The van der Waals surface area contributed by atoms with Crippen LogP contribution in [0.5, 0.6) is 0 Å². The summed E-state index contributed by atoms with van der Waals surface area (Å²) in [5.41, 5.74) is 6.45. The molecule has 1 aliphatic heterocycles. The standard InChI is InChI=1S/C14H15F2N3O2/c15-9-3-8(4-10(16)6-9)5-13-18-14(21-19-13)11-7-20-2-1-12(11)17/h3-4,6,11-12H,1-2,5,7,17H2. The molecular weight excluding hydrogens is 280 g/mol. The molecule has 3 rings (SSSR count). The summed E-state index contributed by atoms with van der Waals surface area (Å²) >= 11 is 0. The predicted octanol–water partition coefficient (Wildman–Crippen LogP) is 1.77. The summed E-state index contributed by atoms with van der Waals surface area (Å²) in [7, 11) is 0. The third kappa shape index (κ3) is 3.25. The van der Waals surface area contributed by atoms with Crippen LogP contribution >= 0.6 is 0 Å². The molecule has 1 aromatic carbocycles. The Labute approximate surface area is 120 Å². The van der Waals surface area contributed by atoms with E-state index in [-0.39, 0.29) is 18.4 Å². The third-order valence-corrected chi connectivity index (χ3v) is 3.50. The van der Waals surface area contributed by atoms with Crippen molar-refractivity contribution < 1.29 is 18.0 Å². The minimum absolute atomic E-state index is 0.0846. The molecule has 0 radical (unpaired) electrons. The molecule has 0 aliphatic carbocycles. The van der Waals surface area contributed by atoms with Crippen molar-refractivity contribution in [2.24, 2.45) is 5.73 Å². The second-order valence-electron chi connectivity index (χ2n) is 5.14. The Morgan fingerprint density at radius 2 is 2.00 bits per heavy atom. The molecule has 112 valence electrons.